The van der Waals surface area contributed by atoms with Crippen LogP contribution in [0.25, 0.3) is 0 Å². The highest BCUT2D eigenvalue weighted by Gasteiger charge is 2.55. The molecule has 0 aromatic rings. The van der Waals surface area contributed by atoms with Crippen LogP contribution in [0.4, 0.5) is 0 Å². The minimum Gasteiger partial charge on any atom is -0.395 e. The first-order chi connectivity index (χ1) is 15.4. The molecule has 0 aliphatic carbocycles. The smallest absolute Gasteiger partial charge is 0.189 e. The summed E-state index contributed by atoms with van der Waals surface area (Å²) in [4.78, 5) is 37.1. The van der Waals surface area contributed by atoms with Gasteiger partial charge in [-0.05, 0) is 31.1 Å². The first-order valence-electron chi connectivity index (χ1n) is 10.2. The SMILES string of the molecule is C=CC(=O)CC(OCC(OC)C(=O)C(=C)C)(OCC(OC)C(=O)C(=C)C)C(CO)(CO)CO. The maximum absolute atomic E-state index is 12.4. The monoisotopic (exact) mass is 472 g/mol. The van der Waals surface area contributed by atoms with Gasteiger partial charge in [0.25, 0.3) is 0 Å². The molecule has 0 spiro atoms. The molecular weight excluding hydrogens is 436 g/mol. The predicted octanol–water partition coefficient (Wildman–Crippen LogP) is 0.145. The van der Waals surface area contributed by atoms with Crippen LogP contribution >= 0.6 is 0 Å². The molecule has 0 saturated heterocycles. The molecule has 0 bridgehead atoms. The lowest BCUT2D eigenvalue weighted by Crippen LogP contribution is -2.61. The van der Waals surface area contributed by atoms with Crippen LogP contribution < -0.4 is 0 Å². The summed E-state index contributed by atoms with van der Waals surface area (Å²) in [7, 11) is 2.52. The Labute approximate surface area is 194 Å². The standard InChI is InChI=1S/C23H36O10/c1-8-17(27)9-23(22(12-24,13-25)14-26,32-10-18(30-6)20(28)15(2)3)33-11-19(31-7)21(29)16(4)5/h8,18-19,24-26H,1-2,4,9-14H2,3,5-7H3. The van der Waals surface area contributed by atoms with Crippen molar-refractivity contribution in [3.05, 3.63) is 37.0 Å². The molecule has 10 heteroatoms. The second-order valence-corrected chi connectivity index (χ2v) is 7.71. The summed E-state index contributed by atoms with van der Waals surface area (Å²) in [5.41, 5.74) is -1.56. The number of carbonyl (C=O) groups excluding carboxylic acids is 3. The molecule has 0 amide bonds. The minimum atomic E-state index is -2.20. The number of hydrogen-bond donors (Lipinski definition) is 3. The van der Waals surface area contributed by atoms with E-state index in [2.05, 4.69) is 19.7 Å². The van der Waals surface area contributed by atoms with E-state index in [1.165, 1.54) is 28.1 Å². The molecule has 0 aromatic carbocycles. The fourth-order valence-electron chi connectivity index (χ4n) is 2.92. The molecule has 0 fully saturated rings. The molecule has 0 aromatic heterocycles. The van der Waals surface area contributed by atoms with Crippen LogP contribution in [0, 0.1) is 5.41 Å². The molecule has 0 heterocycles. The molecular formula is C23H36O10. The molecule has 2 atom stereocenters. The summed E-state index contributed by atoms with van der Waals surface area (Å²) >= 11 is 0. The fourth-order valence-corrected chi connectivity index (χ4v) is 2.92. The van der Waals surface area contributed by atoms with Crippen molar-refractivity contribution in [3.8, 4) is 0 Å². The first kappa shape index (κ1) is 30.9. The summed E-state index contributed by atoms with van der Waals surface area (Å²) < 4.78 is 22.0. The van der Waals surface area contributed by atoms with Gasteiger partial charge in [-0.15, -0.1) is 0 Å². The molecule has 33 heavy (non-hydrogen) atoms. The van der Waals surface area contributed by atoms with Crippen molar-refractivity contribution in [2.24, 2.45) is 5.41 Å². The zero-order chi connectivity index (χ0) is 25.8. The molecule has 0 radical (unpaired) electrons. The normalized spacial score (nSPS) is 15.2. The highest BCUT2D eigenvalue weighted by molar-refractivity contribution is 5.98. The Morgan fingerprint density at radius 3 is 1.45 bits per heavy atom. The molecule has 188 valence electrons. The second-order valence-electron chi connectivity index (χ2n) is 7.71. The number of ketones is 3. The maximum Gasteiger partial charge on any atom is 0.189 e. The van der Waals surface area contributed by atoms with Crippen LogP contribution in [0.2, 0.25) is 0 Å². The molecule has 0 saturated carbocycles. The van der Waals surface area contributed by atoms with Crippen LogP contribution in [0.1, 0.15) is 20.3 Å². The number of allylic oxidation sites excluding steroid dienone is 1. The van der Waals surface area contributed by atoms with E-state index in [9.17, 15) is 29.7 Å². The van der Waals surface area contributed by atoms with Gasteiger partial charge in [-0.25, -0.2) is 0 Å². The van der Waals surface area contributed by atoms with Crippen molar-refractivity contribution < 1.29 is 48.7 Å². The third-order valence-electron chi connectivity index (χ3n) is 5.28. The topological polar surface area (TPSA) is 149 Å². The van der Waals surface area contributed by atoms with Gasteiger partial charge in [-0.1, -0.05) is 19.7 Å². The van der Waals surface area contributed by atoms with E-state index in [0.29, 0.717) is 0 Å². The Morgan fingerprint density at radius 2 is 1.21 bits per heavy atom. The fraction of sp³-hybridized carbons (Fsp3) is 0.609. The minimum absolute atomic E-state index is 0.184. The van der Waals surface area contributed by atoms with Crippen LogP contribution in [0.3, 0.4) is 0 Å². The Hall–Kier alpha value is -2.05. The number of rotatable bonds is 19. The summed E-state index contributed by atoms with van der Waals surface area (Å²) in [6.45, 7) is 9.90. The Balaban J connectivity index is 6.45. The summed E-state index contributed by atoms with van der Waals surface area (Å²) in [5.74, 6) is -3.79. The van der Waals surface area contributed by atoms with Crippen LogP contribution in [0.15, 0.2) is 37.0 Å². The zero-order valence-corrected chi connectivity index (χ0v) is 19.8. The molecule has 0 aliphatic rings. The lowest BCUT2D eigenvalue weighted by Gasteiger charge is -2.47. The zero-order valence-electron chi connectivity index (χ0n) is 19.8. The Morgan fingerprint density at radius 1 is 0.848 bits per heavy atom. The molecule has 2 unspecified atom stereocenters. The van der Waals surface area contributed by atoms with Gasteiger partial charge < -0.3 is 34.3 Å². The molecule has 0 rings (SSSR count). The van der Waals surface area contributed by atoms with Crippen LogP contribution in [-0.2, 0) is 33.3 Å². The number of methoxy groups -OCH3 is 2. The summed E-state index contributed by atoms with van der Waals surface area (Å²) in [6.07, 6.45) is -1.97. The molecule has 10 nitrogen and oxygen atoms in total. The molecule has 0 aliphatic heterocycles. The van der Waals surface area contributed by atoms with Gasteiger partial charge in [-0.2, -0.15) is 0 Å². The van der Waals surface area contributed by atoms with Gasteiger partial charge in [-0.3, -0.25) is 14.4 Å². The van der Waals surface area contributed by atoms with E-state index in [1.807, 2.05) is 0 Å². The lowest BCUT2D eigenvalue weighted by atomic mass is 9.78. The van der Waals surface area contributed by atoms with Crippen molar-refractivity contribution in [1.82, 2.24) is 0 Å². The summed E-state index contributed by atoms with van der Waals surface area (Å²) in [5, 5.41) is 30.3. The maximum atomic E-state index is 12.4. The Bertz CT molecular complexity index is 676. The van der Waals surface area contributed by atoms with Gasteiger partial charge in [0.1, 0.15) is 12.2 Å². The highest BCUT2D eigenvalue weighted by atomic mass is 16.7. The van der Waals surface area contributed by atoms with Gasteiger partial charge >= 0.3 is 0 Å². The molecule has 3 N–H and O–H groups in total. The van der Waals surface area contributed by atoms with E-state index in [1.54, 1.807) is 0 Å². The van der Waals surface area contributed by atoms with Crippen molar-refractivity contribution >= 4 is 17.3 Å². The van der Waals surface area contributed by atoms with Gasteiger partial charge in [0.2, 0.25) is 0 Å². The lowest BCUT2D eigenvalue weighted by molar-refractivity contribution is -0.328. The van der Waals surface area contributed by atoms with E-state index in [0.717, 1.165) is 6.08 Å². The second kappa shape index (κ2) is 14.3. The van der Waals surface area contributed by atoms with E-state index in [4.69, 9.17) is 18.9 Å². The number of ether oxygens (including phenoxy) is 4. The number of aliphatic hydroxyl groups is 3. The Kier molecular flexibility index (Phi) is 13.4. The number of Topliss-reactive ketones (excluding diaryl/α,β-unsaturated/α-hetero) is 2. The third-order valence-corrected chi connectivity index (χ3v) is 5.28. The van der Waals surface area contributed by atoms with E-state index < -0.39 is 80.2 Å². The average molecular weight is 473 g/mol. The van der Waals surface area contributed by atoms with E-state index in [-0.39, 0.29) is 11.1 Å². The van der Waals surface area contributed by atoms with Crippen molar-refractivity contribution in [1.29, 1.82) is 0 Å². The largest absolute Gasteiger partial charge is 0.395 e. The van der Waals surface area contributed by atoms with Crippen LogP contribution in [0.5, 0.6) is 0 Å². The van der Waals surface area contributed by atoms with Gasteiger partial charge in [0.05, 0.1) is 44.9 Å². The number of carbonyl (C=O) groups is 3. The van der Waals surface area contributed by atoms with Gasteiger partial charge in [0.15, 0.2) is 23.1 Å². The van der Waals surface area contributed by atoms with Crippen molar-refractivity contribution in [2.75, 3.05) is 47.3 Å². The van der Waals surface area contributed by atoms with Gasteiger partial charge in [0, 0.05) is 14.2 Å². The number of hydrogen-bond acceptors (Lipinski definition) is 10. The quantitative estimate of drug-likeness (QED) is 0.175. The first-order valence-corrected chi connectivity index (χ1v) is 10.2. The highest BCUT2D eigenvalue weighted by Crippen LogP contribution is 2.39. The van der Waals surface area contributed by atoms with Crippen molar-refractivity contribution in [2.45, 2.75) is 38.3 Å². The van der Waals surface area contributed by atoms with Crippen molar-refractivity contribution in [3.63, 3.8) is 0 Å². The predicted molar refractivity (Wildman–Crippen MR) is 119 cm³/mol. The number of aliphatic hydroxyl groups excluding tert-OH is 3. The summed E-state index contributed by atoms with van der Waals surface area (Å²) in [6, 6.07) is 0. The average Bonchev–Trinajstić information content (AvgIpc) is 2.80. The van der Waals surface area contributed by atoms with E-state index >= 15 is 0 Å². The third kappa shape index (κ3) is 7.75. The van der Waals surface area contributed by atoms with Crippen LogP contribution in [-0.4, -0.2) is 97.9 Å².